The van der Waals surface area contributed by atoms with Gasteiger partial charge >= 0.3 is 0 Å². The summed E-state index contributed by atoms with van der Waals surface area (Å²) in [6.45, 7) is 0.0462. The van der Waals surface area contributed by atoms with E-state index in [4.69, 9.17) is 11.6 Å². The van der Waals surface area contributed by atoms with Crippen molar-refractivity contribution in [3.63, 3.8) is 0 Å². The Labute approximate surface area is 186 Å². The van der Waals surface area contributed by atoms with Crippen LogP contribution in [0.5, 0.6) is 0 Å². The van der Waals surface area contributed by atoms with Crippen LogP contribution < -0.4 is 9.03 Å². The summed E-state index contributed by atoms with van der Waals surface area (Å²) in [6, 6.07) is 20.6. The minimum atomic E-state index is -4.10. The van der Waals surface area contributed by atoms with Crippen LogP contribution in [0.4, 0.5) is 5.69 Å². The molecule has 0 saturated carbocycles. The van der Waals surface area contributed by atoms with Gasteiger partial charge in [-0.15, -0.1) is 0 Å². The fourth-order valence-electron chi connectivity index (χ4n) is 2.82. The number of hydrogen-bond donors (Lipinski definition) is 1. The molecule has 0 aliphatic carbocycles. The van der Waals surface area contributed by atoms with Gasteiger partial charge in [0.15, 0.2) is 0 Å². The van der Waals surface area contributed by atoms with Gasteiger partial charge in [0, 0.05) is 10.6 Å². The lowest BCUT2D eigenvalue weighted by atomic mass is 10.2. The van der Waals surface area contributed by atoms with Crippen LogP contribution in [0.3, 0.4) is 0 Å². The van der Waals surface area contributed by atoms with Crippen LogP contribution in [-0.2, 0) is 26.6 Å². The van der Waals surface area contributed by atoms with Crippen molar-refractivity contribution < 1.29 is 21.6 Å². The topological polar surface area (TPSA) is 101 Å². The van der Waals surface area contributed by atoms with Crippen molar-refractivity contribution in [3.8, 4) is 0 Å². The van der Waals surface area contributed by atoms with Gasteiger partial charge in [-0.25, -0.2) is 21.6 Å². The third-order valence-corrected chi connectivity index (χ3v) is 6.82. The van der Waals surface area contributed by atoms with Gasteiger partial charge in [0.25, 0.3) is 15.9 Å². The molecule has 162 valence electrons. The van der Waals surface area contributed by atoms with E-state index in [0.29, 0.717) is 10.7 Å². The van der Waals surface area contributed by atoms with E-state index in [1.165, 1.54) is 22.5 Å². The number of nitrogens with one attached hydrogen (secondary N) is 1. The maximum atomic E-state index is 13.5. The monoisotopic (exact) mass is 478 g/mol. The zero-order chi connectivity index (χ0) is 22.6. The SMILES string of the molecule is CS(=O)(=O)NC(=O)c1cccc(S(=O)(=O)N(Cc2ccccc2)c2ccc(Cl)cc2)c1. The Morgan fingerprint density at radius 2 is 1.55 bits per heavy atom. The Balaban J connectivity index is 2.05. The smallest absolute Gasteiger partial charge is 0.264 e. The van der Waals surface area contributed by atoms with Crippen molar-refractivity contribution in [1.29, 1.82) is 0 Å². The van der Waals surface area contributed by atoms with Crippen LogP contribution >= 0.6 is 11.6 Å². The van der Waals surface area contributed by atoms with Crippen molar-refractivity contribution >= 4 is 43.2 Å². The molecule has 0 atom stereocenters. The molecule has 7 nitrogen and oxygen atoms in total. The van der Waals surface area contributed by atoms with E-state index < -0.39 is 26.0 Å². The predicted molar refractivity (Wildman–Crippen MR) is 120 cm³/mol. The van der Waals surface area contributed by atoms with Crippen LogP contribution in [0.15, 0.2) is 83.8 Å². The highest BCUT2D eigenvalue weighted by Gasteiger charge is 2.26. The number of rotatable bonds is 7. The van der Waals surface area contributed by atoms with E-state index in [0.717, 1.165) is 17.9 Å². The van der Waals surface area contributed by atoms with E-state index in [9.17, 15) is 21.6 Å². The molecule has 0 aromatic heterocycles. The second-order valence-corrected chi connectivity index (χ2v) is 10.8. The maximum Gasteiger partial charge on any atom is 0.264 e. The Kier molecular flexibility index (Phi) is 6.68. The average molecular weight is 479 g/mol. The Morgan fingerprint density at radius 3 is 2.16 bits per heavy atom. The van der Waals surface area contributed by atoms with Crippen LogP contribution in [0.25, 0.3) is 0 Å². The molecule has 10 heteroatoms. The molecule has 0 heterocycles. The van der Waals surface area contributed by atoms with Crippen molar-refractivity contribution in [2.45, 2.75) is 11.4 Å². The molecule has 0 radical (unpaired) electrons. The minimum Gasteiger partial charge on any atom is -0.268 e. The minimum absolute atomic E-state index is 0.0462. The van der Waals surface area contributed by atoms with E-state index in [-0.39, 0.29) is 17.0 Å². The molecular formula is C21H19ClN2O5S2. The van der Waals surface area contributed by atoms with Crippen LogP contribution in [0.2, 0.25) is 5.02 Å². The number of anilines is 1. The van der Waals surface area contributed by atoms with Crippen LogP contribution in [0.1, 0.15) is 15.9 Å². The molecule has 3 rings (SSSR count). The first-order valence-corrected chi connectivity index (χ1v) is 12.7. The van der Waals surface area contributed by atoms with E-state index in [2.05, 4.69) is 0 Å². The molecule has 0 spiro atoms. The van der Waals surface area contributed by atoms with Crippen molar-refractivity contribution in [2.75, 3.05) is 10.6 Å². The third-order valence-electron chi connectivity index (χ3n) is 4.25. The van der Waals surface area contributed by atoms with Crippen LogP contribution in [-0.4, -0.2) is 29.0 Å². The van der Waals surface area contributed by atoms with Gasteiger partial charge in [0.05, 0.1) is 23.4 Å². The summed E-state index contributed by atoms with van der Waals surface area (Å²) in [6.07, 6.45) is 0.841. The fraction of sp³-hybridized carbons (Fsp3) is 0.0952. The summed E-state index contributed by atoms with van der Waals surface area (Å²) in [5.41, 5.74) is 1.05. The van der Waals surface area contributed by atoms with Gasteiger partial charge in [-0.05, 0) is 48.0 Å². The summed E-state index contributed by atoms with van der Waals surface area (Å²) in [5.74, 6) is -0.916. The standard InChI is InChI=1S/C21H19ClN2O5S2/c1-30(26,27)23-21(25)17-8-5-9-20(14-17)31(28,29)24(15-16-6-3-2-4-7-16)19-12-10-18(22)11-13-19/h2-14H,15H2,1H3,(H,23,25). The first-order valence-electron chi connectivity index (χ1n) is 9.01. The molecule has 0 fully saturated rings. The van der Waals surface area contributed by atoms with Crippen LogP contribution in [0, 0.1) is 0 Å². The number of hydrogen-bond acceptors (Lipinski definition) is 5. The Bertz CT molecular complexity index is 1290. The van der Waals surface area contributed by atoms with Gasteiger partial charge in [0.2, 0.25) is 10.0 Å². The highest BCUT2D eigenvalue weighted by Crippen LogP contribution is 2.27. The number of nitrogens with zero attached hydrogens (tertiary/aromatic N) is 1. The number of carbonyl (C=O) groups excluding carboxylic acids is 1. The van der Waals surface area contributed by atoms with Gasteiger partial charge in [-0.2, -0.15) is 0 Å². The quantitative estimate of drug-likeness (QED) is 0.560. The lowest BCUT2D eigenvalue weighted by Crippen LogP contribution is -2.32. The summed E-state index contributed by atoms with van der Waals surface area (Å²) in [5, 5.41) is 0.459. The molecular weight excluding hydrogens is 460 g/mol. The average Bonchev–Trinajstić information content (AvgIpc) is 2.72. The number of benzene rings is 3. The largest absolute Gasteiger partial charge is 0.268 e. The van der Waals surface area contributed by atoms with Gasteiger partial charge in [0.1, 0.15) is 0 Å². The number of halogens is 1. The number of amides is 1. The van der Waals surface area contributed by atoms with Gasteiger partial charge < -0.3 is 0 Å². The summed E-state index contributed by atoms with van der Waals surface area (Å²) < 4.78 is 52.8. The van der Waals surface area contributed by atoms with Crippen molar-refractivity contribution in [2.24, 2.45) is 0 Å². The number of carbonyl (C=O) groups is 1. The molecule has 0 saturated heterocycles. The molecule has 0 aliphatic heterocycles. The Hall–Kier alpha value is -2.88. The van der Waals surface area contributed by atoms with E-state index >= 15 is 0 Å². The summed E-state index contributed by atoms with van der Waals surface area (Å²) in [4.78, 5) is 12.0. The van der Waals surface area contributed by atoms with Gasteiger partial charge in [-0.3, -0.25) is 9.10 Å². The molecule has 0 aliphatic rings. The second-order valence-electron chi connectivity index (χ2n) is 6.70. The van der Waals surface area contributed by atoms with E-state index in [1.807, 2.05) is 10.8 Å². The second kappa shape index (κ2) is 9.09. The number of sulfonamides is 2. The molecule has 1 amide bonds. The normalized spacial score (nSPS) is 11.7. The molecule has 0 bridgehead atoms. The summed E-state index contributed by atoms with van der Waals surface area (Å²) >= 11 is 5.95. The van der Waals surface area contributed by atoms with Gasteiger partial charge in [-0.1, -0.05) is 48.0 Å². The lowest BCUT2D eigenvalue weighted by Gasteiger charge is -2.25. The first kappa shape index (κ1) is 22.8. The first-order chi connectivity index (χ1) is 14.6. The molecule has 31 heavy (non-hydrogen) atoms. The predicted octanol–water partition coefficient (Wildman–Crippen LogP) is 3.42. The highest BCUT2D eigenvalue weighted by atomic mass is 35.5. The summed E-state index contributed by atoms with van der Waals surface area (Å²) in [7, 11) is -7.90. The molecule has 1 N–H and O–H groups in total. The molecule has 0 unspecified atom stereocenters. The molecule has 3 aromatic rings. The zero-order valence-corrected chi connectivity index (χ0v) is 18.8. The lowest BCUT2D eigenvalue weighted by molar-refractivity contribution is 0.0981. The fourth-order valence-corrected chi connectivity index (χ4v) is 4.90. The molecule has 3 aromatic carbocycles. The zero-order valence-electron chi connectivity index (χ0n) is 16.4. The third kappa shape index (κ3) is 5.84. The van der Waals surface area contributed by atoms with Crippen molar-refractivity contribution in [3.05, 3.63) is 95.0 Å². The van der Waals surface area contributed by atoms with Crippen molar-refractivity contribution in [1.82, 2.24) is 4.72 Å². The highest BCUT2D eigenvalue weighted by molar-refractivity contribution is 7.92. The van der Waals surface area contributed by atoms with E-state index in [1.54, 1.807) is 48.5 Å². The maximum absolute atomic E-state index is 13.5. The Morgan fingerprint density at radius 1 is 0.903 bits per heavy atom.